The lowest BCUT2D eigenvalue weighted by atomic mass is 10.0. The zero-order valence-electron chi connectivity index (χ0n) is 20.5. The van der Waals surface area contributed by atoms with Crippen LogP contribution < -0.4 is 15.0 Å². The lowest BCUT2D eigenvalue weighted by Crippen LogP contribution is -2.30. The molecule has 0 spiro atoms. The predicted octanol–water partition coefficient (Wildman–Crippen LogP) is 6.86. The van der Waals surface area contributed by atoms with E-state index in [0.29, 0.717) is 40.7 Å². The lowest BCUT2D eigenvalue weighted by Gasteiger charge is -2.23. The highest BCUT2D eigenvalue weighted by Gasteiger charge is 2.27. The number of amides is 2. The normalized spacial score (nSPS) is 12.1. The number of nitrogens with one attached hydrogen (secondary N) is 1. The number of benzene rings is 3. The summed E-state index contributed by atoms with van der Waals surface area (Å²) in [4.78, 5) is 33.0. The number of rotatable bonds is 4. The van der Waals surface area contributed by atoms with Gasteiger partial charge in [0, 0.05) is 34.1 Å². The Labute approximate surface area is 219 Å². The summed E-state index contributed by atoms with van der Waals surface area (Å²) < 4.78 is 11.2. The van der Waals surface area contributed by atoms with E-state index in [-0.39, 0.29) is 11.8 Å². The number of carbonyl (C=O) groups excluding carboxylic acids is 2. The average molecular weight is 502 g/mol. The zero-order chi connectivity index (χ0) is 26.1. The van der Waals surface area contributed by atoms with Gasteiger partial charge in [0.15, 0.2) is 5.75 Å². The third-order valence-electron chi connectivity index (χ3n) is 6.50. The van der Waals surface area contributed by atoms with Gasteiger partial charge in [0.2, 0.25) is 5.88 Å². The maximum atomic E-state index is 13.8. The zero-order valence-corrected chi connectivity index (χ0v) is 20.5. The summed E-state index contributed by atoms with van der Waals surface area (Å²) in [6.07, 6.45) is 4.86. The number of anilines is 2. The van der Waals surface area contributed by atoms with Gasteiger partial charge in [0.1, 0.15) is 0 Å². The Hall–Kier alpha value is -5.17. The summed E-state index contributed by atoms with van der Waals surface area (Å²) >= 11 is 0. The molecule has 0 fully saturated rings. The Balaban J connectivity index is 1.28. The molecule has 5 aromatic rings. The van der Waals surface area contributed by atoms with E-state index >= 15 is 0 Å². The summed E-state index contributed by atoms with van der Waals surface area (Å²) in [5.41, 5.74) is 5.48. The second kappa shape index (κ2) is 9.71. The number of carbonyl (C=O) groups is 2. The molecule has 0 bridgehead atoms. The van der Waals surface area contributed by atoms with Crippen LogP contribution in [0.15, 0.2) is 108 Å². The van der Waals surface area contributed by atoms with Gasteiger partial charge in [-0.1, -0.05) is 36.4 Å². The second-order valence-corrected chi connectivity index (χ2v) is 8.97. The van der Waals surface area contributed by atoms with Crippen molar-refractivity contribution in [3.05, 3.63) is 126 Å². The van der Waals surface area contributed by atoms with Gasteiger partial charge in [0.05, 0.1) is 24.8 Å². The number of ether oxygens (including phenoxy) is 1. The first-order chi connectivity index (χ1) is 18.6. The van der Waals surface area contributed by atoms with Gasteiger partial charge in [-0.05, 0) is 66.6 Å². The van der Waals surface area contributed by atoms with E-state index < -0.39 is 0 Å². The molecule has 3 heterocycles. The summed E-state index contributed by atoms with van der Waals surface area (Å²) in [5.74, 6) is 0.637. The Bertz CT molecular complexity index is 1660. The van der Waals surface area contributed by atoms with Gasteiger partial charge in [0.25, 0.3) is 11.8 Å². The molecule has 7 nitrogen and oxygen atoms in total. The molecule has 3 aromatic carbocycles. The molecule has 0 saturated heterocycles. The highest BCUT2D eigenvalue weighted by atomic mass is 16.5. The minimum Gasteiger partial charge on any atom is -0.472 e. The van der Waals surface area contributed by atoms with Crippen molar-refractivity contribution in [2.75, 3.05) is 10.2 Å². The van der Waals surface area contributed by atoms with Crippen LogP contribution in [0.4, 0.5) is 11.4 Å². The molecule has 6 rings (SSSR count). The average Bonchev–Trinajstić information content (AvgIpc) is 3.42. The monoisotopic (exact) mass is 501 g/mol. The molecule has 1 N–H and O–H groups in total. The third-order valence-corrected chi connectivity index (χ3v) is 6.50. The number of furan rings is 1. The summed E-state index contributed by atoms with van der Waals surface area (Å²) in [5, 5.41) is 2.96. The van der Waals surface area contributed by atoms with E-state index in [2.05, 4.69) is 10.3 Å². The van der Waals surface area contributed by atoms with Gasteiger partial charge in [-0.3, -0.25) is 9.59 Å². The summed E-state index contributed by atoms with van der Waals surface area (Å²) in [7, 11) is 0. The van der Waals surface area contributed by atoms with Gasteiger partial charge in [-0.2, -0.15) is 0 Å². The lowest BCUT2D eigenvalue weighted by molar-refractivity contribution is 0.0983. The molecule has 1 aliphatic rings. The molecule has 0 aliphatic carbocycles. The molecular formula is C31H23N3O4. The molecule has 2 amide bonds. The molecular weight excluding hydrogens is 478 g/mol. The van der Waals surface area contributed by atoms with E-state index in [1.807, 2.05) is 67.6 Å². The largest absolute Gasteiger partial charge is 0.472 e. The number of aryl methyl sites for hydroxylation is 1. The fourth-order valence-electron chi connectivity index (χ4n) is 4.62. The Morgan fingerprint density at radius 2 is 1.76 bits per heavy atom. The van der Waals surface area contributed by atoms with Crippen molar-refractivity contribution >= 4 is 23.2 Å². The van der Waals surface area contributed by atoms with Crippen LogP contribution >= 0.6 is 0 Å². The van der Waals surface area contributed by atoms with Crippen molar-refractivity contribution in [3.63, 3.8) is 0 Å². The minimum absolute atomic E-state index is 0.168. The molecule has 0 radical (unpaired) electrons. The quantitative estimate of drug-likeness (QED) is 0.291. The van der Waals surface area contributed by atoms with Crippen LogP contribution in [0.25, 0.3) is 11.1 Å². The fraction of sp³-hybridized carbons (Fsp3) is 0.0645. The van der Waals surface area contributed by atoms with E-state index in [1.165, 1.54) is 0 Å². The molecule has 186 valence electrons. The first kappa shape index (κ1) is 23.2. The van der Waals surface area contributed by atoms with Gasteiger partial charge >= 0.3 is 0 Å². The maximum Gasteiger partial charge on any atom is 0.258 e. The van der Waals surface area contributed by atoms with Gasteiger partial charge in [-0.15, -0.1) is 0 Å². The van der Waals surface area contributed by atoms with Crippen LogP contribution in [0.2, 0.25) is 0 Å². The van der Waals surface area contributed by atoms with Crippen LogP contribution in [0, 0.1) is 6.92 Å². The fourth-order valence-corrected chi connectivity index (χ4v) is 4.62. The van der Waals surface area contributed by atoms with E-state index in [0.717, 1.165) is 22.3 Å². The minimum atomic E-state index is -0.247. The summed E-state index contributed by atoms with van der Waals surface area (Å²) in [6.45, 7) is 2.18. The number of nitrogens with zero attached hydrogens (tertiary/aromatic N) is 2. The SMILES string of the molecule is Cc1cc(NC(=O)c2ccccc2-c2ccoc2)ccc1C(=O)N1Cc2cccnc2Oc2ccccc21. The van der Waals surface area contributed by atoms with E-state index in [9.17, 15) is 9.59 Å². The van der Waals surface area contributed by atoms with Crippen molar-refractivity contribution < 1.29 is 18.7 Å². The van der Waals surface area contributed by atoms with Crippen LogP contribution in [0.1, 0.15) is 31.8 Å². The molecule has 0 atom stereocenters. The topological polar surface area (TPSA) is 84.7 Å². The number of aromatic nitrogens is 1. The van der Waals surface area contributed by atoms with Crippen LogP contribution in [-0.2, 0) is 6.54 Å². The molecule has 2 aromatic heterocycles. The number of fused-ring (bicyclic) bond motifs is 2. The maximum absolute atomic E-state index is 13.8. The van der Waals surface area contributed by atoms with Gasteiger partial charge < -0.3 is 19.4 Å². The standard InChI is InChI=1S/C31H23N3O4/c1-20-17-23(33-29(35)26-9-3-2-8-25(26)22-14-16-37-19-22)12-13-24(20)31(36)34-18-21-7-6-15-32-30(21)38-28-11-5-4-10-27(28)34/h2-17,19H,18H2,1H3,(H,33,35). The smallest absolute Gasteiger partial charge is 0.258 e. The van der Waals surface area contributed by atoms with Crippen LogP contribution in [-0.4, -0.2) is 16.8 Å². The molecule has 1 aliphatic heterocycles. The molecule has 38 heavy (non-hydrogen) atoms. The Morgan fingerprint density at radius 3 is 2.61 bits per heavy atom. The number of pyridine rings is 1. The van der Waals surface area contributed by atoms with E-state index in [4.69, 9.17) is 9.15 Å². The summed E-state index contributed by atoms with van der Waals surface area (Å²) in [6, 6.07) is 25.6. The van der Waals surface area contributed by atoms with Crippen molar-refractivity contribution in [2.45, 2.75) is 13.5 Å². The molecule has 7 heteroatoms. The molecule has 0 unspecified atom stereocenters. The Morgan fingerprint density at radius 1 is 0.921 bits per heavy atom. The predicted molar refractivity (Wildman–Crippen MR) is 145 cm³/mol. The van der Waals surface area contributed by atoms with Crippen molar-refractivity contribution in [1.29, 1.82) is 0 Å². The van der Waals surface area contributed by atoms with Crippen LogP contribution in [0.5, 0.6) is 11.6 Å². The van der Waals surface area contributed by atoms with Crippen molar-refractivity contribution in [3.8, 4) is 22.8 Å². The van der Waals surface area contributed by atoms with Crippen molar-refractivity contribution in [2.24, 2.45) is 0 Å². The highest BCUT2D eigenvalue weighted by Crippen LogP contribution is 2.38. The van der Waals surface area contributed by atoms with E-state index in [1.54, 1.807) is 47.9 Å². The Kier molecular flexibility index (Phi) is 5.94. The molecule has 0 saturated carbocycles. The first-order valence-corrected chi connectivity index (χ1v) is 12.1. The first-order valence-electron chi connectivity index (χ1n) is 12.1. The number of para-hydroxylation sites is 2. The van der Waals surface area contributed by atoms with Crippen LogP contribution in [0.3, 0.4) is 0 Å². The van der Waals surface area contributed by atoms with Gasteiger partial charge in [-0.25, -0.2) is 4.98 Å². The van der Waals surface area contributed by atoms with Crippen molar-refractivity contribution in [1.82, 2.24) is 4.98 Å². The number of hydrogen-bond acceptors (Lipinski definition) is 5. The number of hydrogen-bond donors (Lipinski definition) is 1. The third kappa shape index (κ3) is 4.30. The highest BCUT2D eigenvalue weighted by molar-refractivity contribution is 6.10. The second-order valence-electron chi connectivity index (χ2n) is 8.97.